The van der Waals surface area contributed by atoms with Crippen molar-refractivity contribution in [2.45, 2.75) is 71.3 Å². The van der Waals surface area contributed by atoms with Crippen molar-refractivity contribution in [1.29, 1.82) is 0 Å². The number of aliphatic hydroxyl groups is 1. The number of hydrogen-bond acceptors (Lipinski definition) is 7. The van der Waals surface area contributed by atoms with Crippen LogP contribution in [-0.4, -0.2) is 65.9 Å². The maximum absolute atomic E-state index is 10.8. The first kappa shape index (κ1) is 24.4. The predicted octanol–water partition coefficient (Wildman–Crippen LogP) is 3.96. The number of hydrogen-bond donors (Lipinski definition) is 1. The third kappa shape index (κ3) is 5.39. The summed E-state index contributed by atoms with van der Waals surface area (Å²) < 4.78 is 13.8. The Morgan fingerprint density at radius 3 is 2.32 bits per heavy atom. The molecule has 0 aliphatic carbocycles. The van der Waals surface area contributed by atoms with Gasteiger partial charge in [0.25, 0.3) is 0 Å². The van der Waals surface area contributed by atoms with Crippen LogP contribution in [0.3, 0.4) is 0 Å². The molecule has 8 nitrogen and oxygen atoms in total. The van der Waals surface area contributed by atoms with Gasteiger partial charge in [-0.15, -0.1) is 0 Å². The topological polar surface area (TPSA) is 85.5 Å². The van der Waals surface area contributed by atoms with Crippen molar-refractivity contribution in [2.24, 2.45) is 0 Å². The molecule has 1 saturated heterocycles. The molecule has 3 heterocycles. The summed E-state index contributed by atoms with van der Waals surface area (Å²) in [7, 11) is -1.81. The minimum absolute atomic E-state index is 0.167. The van der Waals surface area contributed by atoms with Gasteiger partial charge in [0.2, 0.25) is 5.28 Å². The fraction of sp³-hybridized carbons (Fsp3) is 0.762. The van der Waals surface area contributed by atoms with E-state index < -0.39 is 13.9 Å². The summed E-state index contributed by atoms with van der Waals surface area (Å²) in [5, 5.41) is 11.2. The lowest BCUT2D eigenvalue weighted by atomic mass is 10.1. The molecule has 1 fully saturated rings. The first-order valence-electron chi connectivity index (χ1n) is 10.9. The highest BCUT2D eigenvalue weighted by Crippen LogP contribution is 2.36. The van der Waals surface area contributed by atoms with Crippen LogP contribution < -0.4 is 4.90 Å². The van der Waals surface area contributed by atoms with Gasteiger partial charge in [0.15, 0.2) is 25.3 Å². The summed E-state index contributed by atoms with van der Waals surface area (Å²) in [5.74, 6) is 1.25. The van der Waals surface area contributed by atoms with E-state index in [0.717, 1.165) is 6.42 Å². The number of rotatable bonds is 7. The van der Waals surface area contributed by atoms with Gasteiger partial charge in [-0.3, -0.25) is 0 Å². The highest BCUT2D eigenvalue weighted by molar-refractivity contribution is 6.74. The molecular formula is C21H36ClN5O3Si. The summed E-state index contributed by atoms with van der Waals surface area (Å²) in [4.78, 5) is 15.8. The molecule has 0 aromatic carbocycles. The average molecular weight is 470 g/mol. The molecule has 1 aliphatic heterocycles. The van der Waals surface area contributed by atoms with Crippen LogP contribution in [-0.2, 0) is 21.3 Å². The zero-order valence-electron chi connectivity index (χ0n) is 19.8. The molecule has 0 radical (unpaired) electrons. The molecule has 31 heavy (non-hydrogen) atoms. The molecule has 1 aliphatic rings. The monoisotopic (exact) mass is 469 g/mol. The summed E-state index contributed by atoms with van der Waals surface area (Å²) in [6.45, 7) is 18.7. The maximum Gasteiger partial charge on any atom is 0.226 e. The normalized spacial score (nSPS) is 16.4. The van der Waals surface area contributed by atoms with Gasteiger partial charge in [-0.1, -0.05) is 20.8 Å². The second kappa shape index (κ2) is 8.94. The number of aromatic nitrogens is 4. The molecule has 0 amide bonds. The lowest BCUT2D eigenvalue weighted by Gasteiger charge is -2.36. The number of anilines is 1. The third-order valence-electron chi connectivity index (χ3n) is 6.20. The highest BCUT2D eigenvalue weighted by Gasteiger charge is 2.37. The van der Waals surface area contributed by atoms with Crippen molar-refractivity contribution in [3.8, 4) is 0 Å². The van der Waals surface area contributed by atoms with Crippen LogP contribution in [0.25, 0.3) is 11.2 Å². The van der Waals surface area contributed by atoms with Gasteiger partial charge in [-0.25, -0.2) is 4.98 Å². The van der Waals surface area contributed by atoms with Crippen LogP contribution in [0, 0.1) is 0 Å². The second-order valence-corrected chi connectivity index (χ2v) is 15.3. The quantitative estimate of drug-likeness (QED) is 0.373. The van der Waals surface area contributed by atoms with Crippen molar-refractivity contribution in [1.82, 2.24) is 19.5 Å². The van der Waals surface area contributed by atoms with Crippen molar-refractivity contribution < 1.29 is 14.3 Å². The van der Waals surface area contributed by atoms with Crippen LogP contribution in [0.5, 0.6) is 0 Å². The fourth-order valence-corrected chi connectivity index (χ4v) is 4.65. The number of imidazole rings is 1. The lowest BCUT2D eigenvalue weighted by Crippen LogP contribution is -2.41. The summed E-state index contributed by atoms with van der Waals surface area (Å²) in [6, 6.07) is 0. The Kier molecular flexibility index (Phi) is 7.03. The number of halogens is 1. The standard InChI is InChI=1S/C21H36ClN5O3Si/c1-20(2,3)31(6,7)30-12-8-9-27-17-15(23-18(27)21(4,5)28)16(24-19(22)25-17)26-10-13-29-14-11-26/h28H,8-14H2,1-7H3. The molecule has 2 aromatic rings. The average Bonchev–Trinajstić information content (AvgIpc) is 3.03. The van der Waals surface area contributed by atoms with E-state index in [1.165, 1.54) is 0 Å². The molecule has 0 atom stereocenters. The van der Waals surface area contributed by atoms with E-state index in [1.807, 2.05) is 4.57 Å². The van der Waals surface area contributed by atoms with Crippen molar-refractivity contribution >= 4 is 36.9 Å². The smallest absolute Gasteiger partial charge is 0.226 e. The van der Waals surface area contributed by atoms with Gasteiger partial charge >= 0.3 is 0 Å². The largest absolute Gasteiger partial charge is 0.417 e. The summed E-state index contributed by atoms with van der Waals surface area (Å²) in [6.07, 6.45) is 0.787. The number of ether oxygens (including phenoxy) is 1. The molecule has 0 unspecified atom stereocenters. The Bertz CT molecular complexity index is 914. The first-order valence-corrected chi connectivity index (χ1v) is 14.2. The Labute approximate surface area is 191 Å². The maximum atomic E-state index is 10.8. The van der Waals surface area contributed by atoms with Crippen LogP contribution in [0.2, 0.25) is 23.4 Å². The van der Waals surface area contributed by atoms with Crippen molar-refractivity contribution in [3.63, 3.8) is 0 Å². The van der Waals surface area contributed by atoms with Crippen LogP contribution in [0.1, 0.15) is 46.9 Å². The van der Waals surface area contributed by atoms with Crippen LogP contribution >= 0.6 is 11.6 Å². The number of nitrogens with zero attached hydrogens (tertiary/aromatic N) is 5. The van der Waals surface area contributed by atoms with Crippen molar-refractivity contribution in [3.05, 3.63) is 11.1 Å². The van der Waals surface area contributed by atoms with Gasteiger partial charge in [0.1, 0.15) is 11.4 Å². The molecule has 3 rings (SSSR count). The van der Waals surface area contributed by atoms with Gasteiger partial charge in [0.05, 0.1) is 13.2 Å². The van der Waals surface area contributed by atoms with E-state index in [-0.39, 0.29) is 10.3 Å². The first-order chi connectivity index (χ1) is 14.3. The Morgan fingerprint density at radius 2 is 1.74 bits per heavy atom. The second-order valence-electron chi connectivity index (χ2n) is 10.2. The predicted molar refractivity (Wildman–Crippen MR) is 126 cm³/mol. The number of morpholine rings is 1. The van der Waals surface area contributed by atoms with Gasteiger partial charge < -0.3 is 23.7 Å². The molecule has 0 bridgehead atoms. The van der Waals surface area contributed by atoms with Crippen LogP contribution in [0.15, 0.2) is 0 Å². The van der Waals surface area contributed by atoms with Crippen LogP contribution in [0.4, 0.5) is 5.82 Å². The van der Waals surface area contributed by atoms with Gasteiger partial charge in [0, 0.05) is 26.2 Å². The molecule has 0 spiro atoms. The van der Waals surface area contributed by atoms with E-state index in [4.69, 9.17) is 25.7 Å². The number of aryl methyl sites for hydroxylation is 1. The van der Waals surface area contributed by atoms with E-state index in [0.29, 0.717) is 62.3 Å². The zero-order chi connectivity index (χ0) is 23.0. The SMILES string of the molecule is CC(C)(O)c1nc2c(N3CCOCC3)nc(Cl)nc2n1CCCO[Si](C)(C)C(C)(C)C. The Balaban J connectivity index is 1.91. The number of fused-ring (bicyclic) bond motifs is 1. The van der Waals surface area contributed by atoms with E-state index in [2.05, 4.69) is 48.7 Å². The Morgan fingerprint density at radius 1 is 1.10 bits per heavy atom. The van der Waals surface area contributed by atoms with E-state index in [1.54, 1.807) is 13.8 Å². The van der Waals surface area contributed by atoms with E-state index in [9.17, 15) is 5.11 Å². The molecule has 1 N–H and O–H groups in total. The summed E-state index contributed by atoms with van der Waals surface area (Å²) in [5.41, 5.74) is 0.176. The summed E-state index contributed by atoms with van der Waals surface area (Å²) >= 11 is 6.31. The Hall–Kier alpha value is -1.26. The minimum Gasteiger partial charge on any atom is -0.417 e. The molecule has 0 saturated carbocycles. The third-order valence-corrected chi connectivity index (χ3v) is 10.9. The van der Waals surface area contributed by atoms with Gasteiger partial charge in [-0.05, 0) is 50.0 Å². The highest BCUT2D eigenvalue weighted by atomic mass is 35.5. The zero-order valence-corrected chi connectivity index (χ0v) is 21.6. The molecule has 174 valence electrons. The fourth-order valence-electron chi connectivity index (χ4n) is 3.40. The minimum atomic E-state index is -1.81. The molecule has 10 heteroatoms. The lowest BCUT2D eigenvalue weighted by molar-refractivity contribution is 0.0648. The molecule has 2 aromatic heterocycles. The van der Waals surface area contributed by atoms with Gasteiger partial charge in [-0.2, -0.15) is 9.97 Å². The molecular weight excluding hydrogens is 434 g/mol. The van der Waals surface area contributed by atoms with Crippen molar-refractivity contribution in [2.75, 3.05) is 37.8 Å². The van der Waals surface area contributed by atoms with E-state index >= 15 is 0 Å².